The van der Waals surface area contributed by atoms with Crippen LogP contribution < -0.4 is 5.32 Å². The summed E-state index contributed by atoms with van der Waals surface area (Å²) in [5.41, 5.74) is 0. The van der Waals surface area contributed by atoms with E-state index in [4.69, 9.17) is 0 Å². The predicted octanol–water partition coefficient (Wildman–Crippen LogP) is 4.23. The fourth-order valence-electron chi connectivity index (χ4n) is 3.57. The van der Waals surface area contributed by atoms with E-state index in [-0.39, 0.29) is 0 Å². The lowest BCUT2D eigenvalue weighted by molar-refractivity contribution is 0.173. The Hall–Kier alpha value is -0.0400. The summed E-state index contributed by atoms with van der Waals surface area (Å²) in [6, 6.07) is 0.775. The zero-order valence-corrected chi connectivity index (χ0v) is 11.8. The molecule has 1 rings (SSSR count). The molecule has 96 valence electrons. The van der Waals surface area contributed by atoms with E-state index in [1.807, 2.05) is 0 Å². The van der Waals surface area contributed by atoms with Crippen LogP contribution in [0.1, 0.15) is 65.7 Å². The first-order chi connectivity index (χ1) is 7.67. The highest BCUT2D eigenvalue weighted by Crippen LogP contribution is 2.35. The topological polar surface area (TPSA) is 12.0 Å². The van der Waals surface area contributed by atoms with E-state index >= 15 is 0 Å². The molecule has 1 N–H and O–H groups in total. The van der Waals surface area contributed by atoms with Gasteiger partial charge in [-0.2, -0.15) is 0 Å². The standard InChI is InChI=1S/C15H31N/c1-5-6-7-8-15(16-4)14-10-12(2)9-13(3)11-14/h12-16H,5-11H2,1-4H3. The van der Waals surface area contributed by atoms with Crippen LogP contribution in [0.25, 0.3) is 0 Å². The number of hydrogen-bond acceptors (Lipinski definition) is 1. The van der Waals surface area contributed by atoms with Crippen molar-refractivity contribution in [1.82, 2.24) is 5.32 Å². The van der Waals surface area contributed by atoms with Crippen LogP contribution in [0, 0.1) is 17.8 Å². The average molecular weight is 225 g/mol. The smallest absolute Gasteiger partial charge is 0.00925 e. The fourth-order valence-corrected chi connectivity index (χ4v) is 3.57. The van der Waals surface area contributed by atoms with Gasteiger partial charge in [-0.1, -0.05) is 40.0 Å². The van der Waals surface area contributed by atoms with E-state index in [0.717, 1.165) is 23.8 Å². The highest BCUT2D eigenvalue weighted by atomic mass is 14.9. The van der Waals surface area contributed by atoms with Gasteiger partial charge in [0.2, 0.25) is 0 Å². The van der Waals surface area contributed by atoms with Gasteiger partial charge >= 0.3 is 0 Å². The van der Waals surface area contributed by atoms with Gasteiger partial charge in [0.1, 0.15) is 0 Å². The van der Waals surface area contributed by atoms with Gasteiger partial charge in [0.25, 0.3) is 0 Å². The molecule has 1 heteroatoms. The molecule has 0 saturated heterocycles. The van der Waals surface area contributed by atoms with Crippen molar-refractivity contribution in [2.75, 3.05) is 7.05 Å². The van der Waals surface area contributed by atoms with Crippen LogP contribution in [-0.4, -0.2) is 13.1 Å². The molecule has 1 aliphatic carbocycles. The van der Waals surface area contributed by atoms with Crippen molar-refractivity contribution in [1.29, 1.82) is 0 Å². The van der Waals surface area contributed by atoms with E-state index in [9.17, 15) is 0 Å². The maximum absolute atomic E-state index is 3.57. The van der Waals surface area contributed by atoms with Gasteiger partial charge in [-0.25, -0.2) is 0 Å². The van der Waals surface area contributed by atoms with Gasteiger partial charge in [-0.3, -0.25) is 0 Å². The summed E-state index contributed by atoms with van der Waals surface area (Å²) in [5, 5.41) is 3.57. The number of rotatable bonds is 6. The molecule has 1 fully saturated rings. The number of hydrogen-bond donors (Lipinski definition) is 1. The Kier molecular flexibility index (Phi) is 6.41. The Morgan fingerprint density at radius 2 is 1.69 bits per heavy atom. The summed E-state index contributed by atoms with van der Waals surface area (Å²) in [5.74, 6) is 2.81. The molecule has 0 aliphatic heterocycles. The van der Waals surface area contributed by atoms with Crippen molar-refractivity contribution < 1.29 is 0 Å². The Bertz CT molecular complexity index is 168. The highest BCUT2D eigenvalue weighted by molar-refractivity contribution is 4.83. The first-order valence-corrected chi connectivity index (χ1v) is 7.34. The summed E-state index contributed by atoms with van der Waals surface area (Å²) in [6.07, 6.45) is 9.87. The summed E-state index contributed by atoms with van der Waals surface area (Å²) in [6.45, 7) is 7.15. The zero-order chi connectivity index (χ0) is 12.0. The second-order valence-corrected chi connectivity index (χ2v) is 6.07. The molecular weight excluding hydrogens is 194 g/mol. The second kappa shape index (κ2) is 7.32. The monoisotopic (exact) mass is 225 g/mol. The molecule has 0 amide bonds. The van der Waals surface area contributed by atoms with Crippen molar-refractivity contribution in [3.8, 4) is 0 Å². The van der Waals surface area contributed by atoms with Crippen LogP contribution in [0.3, 0.4) is 0 Å². The van der Waals surface area contributed by atoms with E-state index in [1.54, 1.807) is 0 Å². The lowest BCUT2D eigenvalue weighted by Gasteiger charge is -2.36. The molecule has 1 aliphatic rings. The summed E-state index contributed by atoms with van der Waals surface area (Å²) >= 11 is 0. The molecule has 0 heterocycles. The minimum Gasteiger partial charge on any atom is -0.317 e. The molecule has 0 spiro atoms. The van der Waals surface area contributed by atoms with Crippen LogP contribution >= 0.6 is 0 Å². The van der Waals surface area contributed by atoms with Gasteiger partial charge in [0.15, 0.2) is 0 Å². The van der Waals surface area contributed by atoms with Gasteiger partial charge in [0.05, 0.1) is 0 Å². The summed E-state index contributed by atoms with van der Waals surface area (Å²) in [7, 11) is 2.15. The van der Waals surface area contributed by atoms with Crippen molar-refractivity contribution in [2.24, 2.45) is 17.8 Å². The molecular formula is C15H31N. The largest absolute Gasteiger partial charge is 0.317 e. The van der Waals surface area contributed by atoms with E-state index in [2.05, 4.69) is 33.1 Å². The van der Waals surface area contributed by atoms with Gasteiger partial charge < -0.3 is 5.32 Å². The number of unbranched alkanes of at least 4 members (excludes halogenated alkanes) is 2. The van der Waals surface area contributed by atoms with E-state index in [1.165, 1.54) is 44.9 Å². The Balaban J connectivity index is 2.38. The molecule has 1 saturated carbocycles. The molecule has 3 unspecified atom stereocenters. The fraction of sp³-hybridized carbons (Fsp3) is 1.00. The molecule has 0 aromatic heterocycles. The molecule has 0 aromatic carbocycles. The van der Waals surface area contributed by atoms with Crippen LogP contribution in [0.2, 0.25) is 0 Å². The predicted molar refractivity (Wildman–Crippen MR) is 72.7 cm³/mol. The molecule has 16 heavy (non-hydrogen) atoms. The molecule has 0 radical (unpaired) electrons. The third-order valence-electron chi connectivity index (χ3n) is 4.27. The van der Waals surface area contributed by atoms with Crippen molar-refractivity contribution in [3.05, 3.63) is 0 Å². The molecule has 0 bridgehead atoms. The lowest BCUT2D eigenvalue weighted by Crippen LogP contribution is -2.37. The third-order valence-corrected chi connectivity index (χ3v) is 4.27. The van der Waals surface area contributed by atoms with Gasteiger partial charge in [-0.05, 0) is 50.5 Å². The summed E-state index contributed by atoms with van der Waals surface area (Å²) < 4.78 is 0. The normalized spacial score (nSPS) is 32.6. The minimum atomic E-state index is 0.775. The zero-order valence-electron chi connectivity index (χ0n) is 11.8. The van der Waals surface area contributed by atoms with Crippen LogP contribution in [-0.2, 0) is 0 Å². The maximum atomic E-state index is 3.57. The Labute approximate surface area is 102 Å². The second-order valence-electron chi connectivity index (χ2n) is 6.07. The Morgan fingerprint density at radius 1 is 1.06 bits per heavy atom. The van der Waals surface area contributed by atoms with Crippen LogP contribution in [0.5, 0.6) is 0 Å². The van der Waals surface area contributed by atoms with Crippen molar-refractivity contribution in [2.45, 2.75) is 71.8 Å². The number of nitrogens with one attached hydrogen (secondary N) is 1. The van der Waals surface area contributed by atoms with Crippen molar-refractivity contribution in [3.63, 3.8) is 0 Å². The van der Waals surface area contributed by atoms with E-state index in [0.29, 0.717) is 0 Å². The molecule has 1 nitrogen and oxygen atoms in total. The van der Waals surface area contributed by atoms with Crippen LogP contribution in [0.4, 0.5) is 0 Å². The Morgan fingerprint density at radius 3 is 2.19 bits per heavy atom. The lowest BCUT2D eigenvalue weighted by atomic mass is 9.73. The van der Waals surface area contributed by atoms with Gasteiger partial charge in [-0.15, -0.1) is 0 Å². The first-order valence-electron chi connectivity index (χ1n) is 7.34. The highest BCUT2D eigenvalue weighted by Gasteiger charge is 2.28. The van der Waals surface area contributed by atoms with Crippen molar-refractivity contribution >= 4 is 0 Å². The first kappa shape index (κ1) is 14.0. The minimum absolute atomic E-state index is 0.775. The maximum Gasteiger partial charge on any atom is 0.00925 e. The average Bonchev–Trinajstić information content (AvgIpc) is 2.23. The quantitative estimate of drug-likeness (QED) is 0.667. The van der Waals surface area contributed by atoms with E-state index < -0.39 is 0 Å². The molecule has 0 aromatic rings. The third kappa shape index (κ3) is 4.45. The van der Waals surface area contributed by atoms with Crippen LogP contribution in [0.15, 0.2) is 0 Å². The SMILES string of the molecule is CCCCCC(NC)C1CC(C)CC(C)C1. The van der Waals surface area contributed by atoms with Gasteiger partial charge in [0, 0.05) is 6.04 Å². The summed E-state index contributed by atoms with van der Waals surface area (Å²) in [4.78, 5) is 0. The molecule has 3 atom stereocenters.